The number of likely N-dealkylation sites (N-methyl/N-ethyl adjacent to an activating group) is 1. The summed E-state index contributed by atoms with van der Waals surface area (Å²) in [7, 11) is 4.32. The summed E-state index contributed by atoms with van der Waals surface area (Å²) < 4.78 is 0. The van der Waals surface area contributed by atoms with Gasteiger partial charge in [0.2, 0.25) is 0 Å². The Hall–Kier alpha value is -1.13. The van der Waals surface area contributed by atoms with Crippen LogP contribution < -0.4 is 10.6 Å². The van der Waals surface area contributed by atoms with Gasteiger partial charge in [-0.05, 0) is 44.7 Å². The highest BCUT2D eigenvalue weighted by atomic mass is 32.1. The molecule has 0 aliphatic heterocycles. The number of nitrogens with one attached hydrogen (secondary N) is 2. The zero-order chi connectivity index (χ0) is 14.4. The minimum absolute atomic E-state index is 0.467. The van der Waals surface area contributed by atoms with Crippen LogP contribution in [0.2, 0.25) is 0 Å². The molecule has 0 bridgehead atoms. The molecule has 110 valence electrons. The van der Waals surface area contributed by atoms with Gasteiger partial charge in [-0.2, -0.15) is 0 Å². The summed E-state index contributed by atoms with van der Waals surface area (Å²) in [6, 6.07) is 11.4. The molecule has 4 heteroatoms. The molecule has 1 aromatic carbocycles. The van der Waals surface area contributed by atoms with E-state index < -0.39 is 0 Å². The second kappa shape index (κ2) is 7.60. The van der Waals surface area contributed by atoms with Crippen LogP contribution in [0.5, 0.6) is 0 Å². The maximum absolute atomic E-state index is 5.43. The highest BCUT2D eigenvalue weighted by Gasteiger charge is 2.26. The normalized spacial score (nSPS) is 22.6. The van der Waals surface area contributed by atoms with Crippen molar-refractivity contribution in [3.63, 3.8) is 0 Å². The van der Waals surface area contributed by atoms with Crippen molar-refractivity contribution < 1.29 is 0 Å². The Balaban J connectivity index is 1.81. The molecular weight excluding hydrogens is 266 g/mol. The van der Waals surface area contributed by atoms with Crippen molar-refractivity contribution in [3.8, 4) is 0 Å². The van der Waals surface area contributed by atoms with Gasteiger partial charge in [-0.3, -0.25) is 0 Å². The van der Waals surface area contributed by atoms with E-state index in [1.54, 1.807) is 0 Å². The van der Waals surface area contributed by atoms with Gasteiger partial charge < -0.3 is 15.5 Å². The smallest absolute Gasteiger partial charge is 0.166 e. The van der Waals surface area contributed by atoms with Gasteiger partial charge in [-0.25, -0.2) is 0 Å². The van der Waals surface area contributed by atoms with Gasteiger partial charge in [0.25, 0.3) is 0 Å². The van der Waals surface area contributed by atoms with Crippen LogP contribution in [0.25, 0.3) is 0 Å². The third-order valence-electron chi connectivity index (χ3n) is 4.01. The molecule has 2 N–H and O–H groups in total. The first kappa shape index (κ1) is 15.3. The van der Waals surface area contributed by atoms with Crippen molar-refractivity contribution >= 4 is 17.3 Å². The average molecular weight is 291 g/mol. The lowest BCUT2D eigenvalue weighted by molar-refractivity contribution is 0.190. The van der Waals surface area contributed by atoms with Gasteiger partial charge in [0.05, 0.1) is 0 Å². The quantitative estimate of drug-likeness (QED) is 0.834. The predicted octanol–water partition coefficient (Wildman–Crippen LogP) is 2.52. The standard InChI is InChI=1S/C16H25N3S/c1-19(2)15-11-7-6-10-14(15)18-16(20)17-12-13-8-4-3-5-9-13/h3-5,8-9,14-15H,6-7,10-12H2,1-2H3,(H2,17,18,20)/t14-,15-/m0/s1. The molecule has 0 saturated heterocycles. The zero-order valence-electron chi connectivity index (χ0n) is 12.4. The van der Waals surface area contributed by atoms with E-state index in [9.17, 15) is 0 Å². The topological polar surface area (TPSA) is 27.3 Å². The van der Waals surface area contributed by atoms with Gasteiger partial charge in [0.1, 0.15) is 0 Å². The van der Waals surface area contributed by atoms with E-state index in [-0.39, 0.29) is 0 Å². The van der Waals surface area contributed by atoms with Gasteiger partial charge in [0, 0.05) is 18.6 Å². The van der Waals surface area contributed by atoms with Crippen LogP contribution in [0.3, 0.4) is 0 Å². The Bertz CT molecular complexity index is 419. The van der Waals surface area contributed by atoms with Crippen molar-refractivity contribution in [2.45, 2.75) is 44.3 Å². The van der Waals surface area contributed by atoms with E-state index in [4.69, 9.17) is 12.2 Å². The first-order chi connectivity index (χ1) is 9.66. The Morgan fingerprint density at radius 3 is 2.60 bits per heavy atom. The Kier molecular flexibility index (Phi) is 5.80. The molecule has 0 radical (unpaired) electrons. The number of rotatable bonds is 4. The zero-order valence-corrected chi connectivity index (χ0v) is 13.2. The fourth-order valence-corrected chi connectivity index (χ4v) is 3.12. The Labute approximate surface area is 127 Å². The van der Waals surface area contributed by atoms with Crippen LogP contribution in [0.15, 0.2) is 30.3 Å². The van der Waals surface area contributed by atoms with Crippen molar-refractivity contribution in [2.24, 2.45) is 0 Å². The molecular formula is C16H25N3S. The second-order valence-corrected chi connectivity index (χ2v) is 6.14. The first-order valence-electron chi connectivity index (χ1n) is 7.41. The van der Waals surface area contributed by atoms with E-state index in [0.29, 0.717) is 12.1 Å². The molecule has 1 aliphatic rings. The summed E-state index contributed by atoms with van der Waals surface area (Å²) in [5.74, 6) is 0. The highest BCUT2D eigenvalue weighted by molar-refractivity contribution is 7.80. The van der Waals surface area contributed by atoms with Gasteiger partial charge in [-0.15, -0.1) is 0 Å². The second-order valence-electron chi connectivity index (χ2n) is 5.73. The molecule has 0 amide bonds. The van der Waals surface area contributed by atoms with Crippen LogP contribution in [-0.2, 0) is 6.54 Å². The minimum Gasteiger partial charge on any atom is -0.359 e. The molecule has 3 nitrogen and oxygen atoms in total. The SMILES string of the molecule is CN(C)[C@H]1CCCC[C@@H]1NC(=S)NCc1ccccc1. The van der Waals surface area contributed by atoms with E-state index >= 15 is 0 Å². The van der Waals surface area contributed by atoms with E-state index in [0.717, 1.165) is 11.7 Å². The van der Waals surface area contributed by atoms with Crippen molar-refractivity contribution in [1.82, 2.24) is 15.5 Å². The molecule has 2 rings (SSSR count). The summed E-state index contributed by atoms with van der Waals surface area (Å²) in [6.45, 7) is 0.784. The lowest BCUT2D eigenvalue weighted by atomic mass is 9.90. The number of hydrogen-bond acceptors (Lipinski definition) is 2. The number of thiocarbonyl (C=S) groups is 1. The van der Waals surface area contributed by atoms with Gasteiger partial charge >= 0.3 is 0 Å². The van der Waals surface area contributed by atoms with Crippen molar-refractivity contribution in [3.05, 3.63) is 35.9 Å². The third kappa shape index (κ3) is 4.46. The van der Waals surface area contributed by atoms with Crippen molar-refractivity contribution in [1.29, 1.82) is 0 Å². The molecule has 1 saturated carbocycles. The number of benzene rings is 1. The lowest BCUT2D eigenvalue weighted by Gasteiger charge is -2.37. The fraction of sp³-hybridized carbons (Fsp3) is 0.562. The van der Waals surface area contributed by atoms with Crippen LogP contribution in [0.4, 0.5) is 0 Å². The van der Waals surface area contributed by atoms with Crippen LogP contribution in [0.1, 0.15) is 31.2 Å². The third-order valence-corrected chi connectivity index (χ3v) is 4.27. The molecule has 1 aromatic rings. The molecule has 1 aliphatic carbocycles. The average Bonchev–Trinajstić information content (AvgIpc) is 2.46. The Morgan fingerprint density at radius 1 is 1.20 bits per heavy atom. The molecule has 20 heavy (non-hydrogen) atoms. The number of nitrogens with zero attached hydrogens (tertiary/aromatic N) is 1. The Morgan fingerprint density at radius 2 is 1.90 bits per heavy atom. The molecule has 1 fully saturated rings. The molecule has 0 heterocycles. The van der Waals surface area contributed by atoms with Crippen LogP contribution in [-0.4, -0.2) is 36.2 Å². The summed E-state index contributed by atoms with van der Waals surface area (Å²) in [4.78, 5) is 2.32. The fourth-order valence-electron chi connectivity index (χ4n) is 2.90. The van der Waals surface area contributed by atoms with Gasteiger partial charge in [-0.1, -0.05) is 43.2 Å². The van der Waals surface area contributed by atoms with Gasteiger partial charge in [0.15, 0.2) is 5.11 Å². The van der Waals surface area contributed by atoms with Crippen LogP contribution in [0, 0.1) is 0 Å². The van der Waals surface area contributed by atoms with Crippen molar-refractivity contribution in [2.75, 3.05) is 14.1 Å². The largest absolute Gasteiger partial charge is 0.359 e. The summed E-state index contributed by atoms with van der Waals surface area (Å²) in [5, 5.41) is 7.58. The summed E-state index contributed by atoms with van der Waals surface area (Å²) in [5.41, 5.74) is 1.25. The predicted molar refractivity (Wildman–Crippen MR) is 88.7 cm³/mol. The molecule has 0 unspecified atom stereocenters. The molecule has 0 spiro atoms. The van der Waals surface area contributed by atoms with E-state index in [1.165, 1.54) is 31.2 Å². The number of hydrogen-bond donors (Lipinski definition) is 2. The molecule has 2 atom stereocenters. The first-order valence-corrected chi connectivity index (χ1v) is 7.82. The highest BCUT2D eigenvalue weighted by Crippen LogP contribution is 2.21. The maximum atomic E-state index is 5.43. The lowest BCUT2D eigenvalue weighted by Crippen LogP contribution is -2.53. The van der Waals surface area contributed by atoms with E-state index in [2.05, 4.69) is 53.9 Å². The van der Waals surface area contributed by atoms with Crippen LogP contribution >= 0.6 is 12.2 Å². The minimum atomic E-state index is 0.467. The summed E-state index contributed by atoms with van der Waals surface area (Å²) in [6.07, 6.45) is 5.08. The maximum Gasteiger partial charge on any atom is 0.166 e. The summed E-state index contributed by atoms with van der Waals surface area (Å²) >= 11 is 5.43. The molecule has 0 aromatic heterocycles. The van der Waals surface area contributed by atoms with E-state index in [1.807, 2.05) is 6.07 Å². The monoisotopic (exact) mass is 291 g/mol.